The molecule has 33 heavy (non-hydrogen) atoms. The zero-order valence-corrected chi connectivity index (χ0v) is 20.5. The fraction of sp³-hybridized carbons (Fsp3) is 0.808. The number of rotatable bonds is 2. The number of fused-ring (bicyclic) bond motifs is 3. The number of amides is 2. The molecule has 7 nitrogen and oxygen atoms in total. The molecule has 186 valence electrons. The van der Waals surface area contributed by atoms with Gasteiger partial charge >= 0.3 is 0 Å². The van der Waals surface area contributed by atoms with Gasteiger partial charge in [0.1, 0.15) is 6.10 Å². The standard InChI is InChI=1S/C26H42N2O5/c1-17-12-10-8-6-4-5-7-9-11-13-18(23(30)24(27)31)14-20(29)22-19-15-26(2,3)33-21(19)16-28(22)25(17)32/h4-5,17-19,21-23,30H,6-16H2,1-3H3,(H2,27,31)/b5-4+/t17-,18+,19-,21?,22-,23?/m0/s1. The van der Waals surface area contributed by atoms with E-state index in [0.717, 1.165) is 44.9 Å². The Hall–Kier alpha value is -1.73. The fourth-order valence-electron chi connectivity index (χ4n) is 5.92. The Morgan fingerprint density at radius 2 is 1.79 bits per heavy atom. The van der Waals surface area contributed by atoms with Crippen LogP contribution in [0, 0.1) is 17.8 Å². The first-order valence-corrected chi connectivity index (χ1v) is 12.7. The van der Waals surface area contributed by atoms with Crippen LogP contribution < -0.4 is 5.73 Å². The highest BCUT2D eigenvalue weighted by atomic mass is 16.5. The summed E-state index contributed by atoms with van der Waals surface area (Å²) in [7, 11) is 0. The number of primary amides is 1. The third-order valence-electron chi connectivity index (χ3n) is 7.65. The summed E-state index contributed by atoms with van der Waals surface area (Å²) in [6.45, 7) is 6.43. The molecule has 2 amide bonds. The minimum Gasteiger partial charge on any atom is -0.383 e. The molecule has 0 aromatic heterocycles. The van der Waals surface area contributed by atoms with Gasteiger partial charge in [0, 0.05) is 30.7 Å². The monoisotopic (exact) mass is 462 g/mol. The van der Waals surface area contributed by atoms with E-state index in [1.807, 2.05) is 20.8 Å². The lowest BCUT2D eigenvalue weighted by molar-refractivity contribution is -0.143. The maximum Gasteiger partial charge on any atom is 0.246 e. The Labute approximate surface area is 198 Å². The summed E-state index contributed by atoms with van der Waals surface area (Å²) in [5, 5.41) is 10.5. The third-order valence-corrected chi connectivity index (χ3v) is 7.65. The van der Waals surface area contributed by atoms with Gasteiger partial charge in [-0.1, -0.05) is 31.9 Å². The maximum atomic E-state index is 13.7. The van der Waals surface area contributed by atoms with Crippen LogP contribution in [-0.4, -0.2) is 58.0 Å². The molecule has 2 saturated heterocycles. The molecule has 0 aromatic rings. The molecule has 0 radical (unpaired) electrons. The summed E-state index contributed by atoms with van der Waals surface area (Å²) in [5.74, 6) is -1.61. The van der Waals surface area contributed by atoms with E-state index >= 15 is 0 Å². The van der Waals surface area contributed by atoms with Gasteiger partial charge in [0.25, 0.3) is 0 Å². The zero-order valence-electron chi connectivity index (χ0n) is 20.5. The fourth-order valence-corrected chi connectivity index (χ4v) is 5.92. The van der Waals surface area contributed by atoms with E-state index in [9.17, 15) is 19.5 Å². The summed E-state index contributed by atoms with van der Waals surface area (Å²) in [4.78, 5) is 40.6. The van der Waals surface area contributed by atoms with Crippen molar-refractivity contribution in [3.63, 3.8) is 0 Å². The molecule has 3 rings (SSSR count). The van der Waals surface area contributed by atoms with Crippen molar-refractivity contribution in [1.29, 1.82) is 0 Å². The normalized spacial score (nSPS) is 36.0. The lowest BCUT2D eigenvalue weighted by Gasteiger charge is -2.32. The SMILES string of the molecule is C[C@H]1CCCC/C=C/CCCC[C@@H](C(O)C(N)=O)CC(=O)[C@@H]2[C@H]3CC(C)(C)OC3CN2C1=O. The van der Waals surface area contributed by atoms with E-state index in [-0.39, 0.29) is 41.7 Å². The van der Waals surface area contributed by atoms with E-state index in [0.29, 0.717) is 19.4 Å². The molecule has 0 bridgehead atoms. The van der Waals surface area contributed by atoms with Gasteiger partial charge in [0.05, 0.1) is 17.7 Å². The van der Waals surface area contributed by atoms with Crippen molar-refractivity contribution < 1.29 is 24.2 Å². The smallest absolute Gasteiger partial charge is 0.246 e. The molecule has 2 unspecified atom stereocenters. The predicted octanol–water partition coefficient (Wildman–Crippen LogP) is 3.13. The highest BCUT2D eigenvalue weighted by molar-refractivity contribution is 5.91. The highest BCUT2D eigenvalue weighted by Crippen LogP contribution is 2.44. The molecule has 2 fully saturated rings. The number of hydrogen-bond donors (Lipinski definition) is 2. The Morgan fingerprint density at radius 3 is 2.42 bits per heavy atom. The van der Waals surface area contributed by atoms with Gasteiger partial charge < -0.3 is 20.5 Å². The Bertz CT molecular complexity index is 749. The first-order valence-electron chi connectivity index (χ1n) is 12.7. The Kier molecular flexibility index (Phi) is 8.73. The van der Waals surface area contributed by atoms with Crippen LogP contribution in [0.1, 0.15) is 85.0 Å². The van der Waals surface area contributed by atoms with Gasteiger partial charge in [0.2, 0.25) is 11.8 Å². The summed E-state index contributed by atoms with van der Waals surface area (Å²) >= 11 is 0. The van der Waals surface area contributed by atoms with Crippen LogP contribution in [-0.2, 0) is 19.1 Å². The number of carbonyl (C=O) groups excluding carboxylic acids is 3. The summed E-state index contributed by atoms with van der Waals surface area (Å²) in [5.41, 5.74) is 5.07. The highest BCUT2D eigenvalue weighted by Gasteiger charge is 2.55. The van der Waals surface area contributed by atoms with Gasteiger partial charge in [0.15, 0.2) is 5.78 Å². The quantitative estimate of drug-likeness (QED) is 0.613. The molecule has 0 saturated carbocycles. The van der Waals surface area contributed by atoms with Crippen molar-refractivity contribution in [1.82, 2.24) is 4.90 Å². The van der Waals surface area contributed by atoms with Crippen LogP contribution in [0.3, 0.4) is 0 Å². The lowest BCUT2D eigenvalue weighted by atomic mass is 9.83. The van der Waals surface area contributed by atoms with Crippen molar-refractivity contribution in [2.24, 2.45) is 23.5 Å². The number of hydrogen-bond acceptors (Lipinski definition) is 5. The third kappa shape index (κ3) is 6.44. The average Bonchev–Trinajstić information content (AvgIpc) is 3.23. The lowest BCUT2D eigenvalue weighted by Crippen LogP contribution is -2.47. The summed E-state index contributed by atoms with van der Waals surface area (Å²) in [6.07, 6.45) is 10.7. The Balaban J connectivity index is 1.85. The van der Waals surface area contributed by atoms with Gasteiger partial charge in [-0.2, -0.15) is 0 Å². The van der Waals surface area contributed by atoms with Crippen LogP contribution in [0.2, 0.25) is 0 Å². The van der Waals surface area contributed by atoms with Gasteiger partial charge in [-0.05, 0) is 58.8 Å². The first-order chi connectivity index (χ1) is 15.6. The largest absolute Gasteiger partial charge is 0.383 e. The van der Waals surface area contributed by atoms with Crippen molar-refractivity contribution in [3.8, 4) is 0 Å². The van der Waals surface area contributed by atoms with E-state index in [1.54, 1.807) is 4.90 Å². The van der Waals surface area contributed by atoms with E-state index in [1.165, 1.54) is 0 Å². The van der Waals surface area contributed by atoms with Crippen molar-refractivity contribution in [2.75, 3.05) is 6.54 Å². The molecule has 0 aliphatic carbocycles. The molecular weight excluding hydrogens is 420 g/mol. The second kappa shape index (κ2) is 11.1. The molecule has 3 heterocycles. The van der Waals surface area contributed by atoms with Crippen LogP contribution in [0.5, 0.6) is 0 Å². The molecule has 3 aliphatic rings. The minimum absolute atomic E-state index is 0.0102. The Morgan fingerprint density at radius 1 is 1.15 bits per heavy atom. The summed E-state index contributed by atoms with van der Waals surface area (Å²) < 4.78 is 6.21. The van der Waals surface area contributed by atoms with Crippen LogP contribution >= 0.6 is 0 Å². The number of ketones is 1. The zero-order chi connectivity index (χ0) is 24.2. The number of Topliss-reactive ketones (excluding diaryl/α,β-unsaturated/α-hetero) is 1. The topological polar surface area (TPSA) is 110 Å². The second-order valence-electron chi connectivity index (χ2n) is 10.9. The molecule has 3 aliphatic heterocycles. The van der Waals surface area contributed by atoms with E-state index in [4.69, 9.17) is 10.5 Å². The number of aliphatic hydroxyl groups excluding tert-OH is 1. The van der Waals surface area contributed by atoms with E-state index < -0.39 is 24.0 Å². The van der Waals surface area contributed by atoms with Crippen LogP contribution in [0.25, 0.3) is 0 Å². The molecule has 0 spiro atoms. The number of nitrogens with zero attached hydrogens (tertiary/aromatic N) is 1. The molecular formula is C26H42N2O5. The first kappa shape index (κ1) is 25.9. The number of nitrogens with two attached hydrogens (primary N) is 1. The molecule has 3 N–H and O–H groups in total. The maximum absolute atomic E-state index is 13.7. The molecule has 7 heteroatoms. The predicted molar refractivity (Wildman–Crippen MR) is 126 cm³/mol. The summed E-state index contributed by atoms with van der Waals surface area (Å²) in [6, 6.07) is -0.563. The van der Waals surface area contributed by atoms with Crippen LogP contribution in [0.4, 0.5) is 0 Å². The number of aliphatic hydroxyl groups is 1. The van der Waals surface area contributed by atoms with Crippen LogP contribution in [0.15, 0.2) is 12.2 Å². The van der Waals surface area contributed by atoms with Crippen molar-refractivity contribution in [3.05, 3.63) is 12.2 Å². The number of allylic oxidation sites excluding steroid dienone is 2. The van der Waals surface area contributed by atoms with E-state index in [2.05, 4.69) is 12.2 Å². The second-order valence-corrected chi connectivity index (χ2v) is 10.9. The number of carbonyl (C=O) groups is 3. The van der Waals surface area contributed by atoms with Crippen molar-refractivity contribution >= 4 is 17.6 Å². The van der Waals surface area contributed by atoms with Gasteiger partial charge in [-0.3, -0.25) is 14.4 Å². The molecule has 6 atom stereocenters. The van der Waals surface area contributed by atoms with Gasteiger partial charge in [-0.15, -0.1) is 0 Å². The van der Waals surface area contributed by atoms with Crippen molar-refractivity contribution in [2.45, 2.75) is 109 Å². The number of ether oxygens (including phenoxy) is 1. The van der Waals surface area contributed by atoms with Gasteiger partial charge in [-0.25, -0.2) is 0 Å². The average molecular weight is 463 g/mol. The molecule has 0 aromatic carbocycles. The minimum atomic E-state index is -1.36.